The van der Waals surface area contributed by atoms with Gasteiger partial charge in [-0.15, -0.1) is 0 Å². The average molecular weight is 1070 g/mol. The van der Waals surface area contributed by atoms with Crippen LogP contribution in [0.3, 0.4) is 0 Å². The summed E-state index contributed by atoms with van der Waals surface area (Å²) in [5, 5.41) is 5.41. The van der Waals surface area contributed by atoms with E-state index < -0.39 is 48.3 Å². The maximum absolute atomic E-state index is 9.13. The Hall–Kier alpha value is -10.3. The lowest BCUT2D eigenvalue weighted by Crippen LogP contribution is -2.10. The summed E-state index contributed by atoms with van der Waals surface area (Å²) in [6, 6.07) is 53.9. The van der Waals surface area contributed by atoms with Gasteiger partial charge >= 0.3 is 0 Å². The summed E-state index contributed by atoms with van der Waals surface area (Å²) in [6.45, 7) is 6.36. The predicted octanol–water partition coefficient (Wildman–Crippen LogP) is 23.1. The molecule has 0 N–H and O–H groups in total. The Morgan fingerprint density at radius 1 is 0.256 bits per heavy atom. The van der Waals surface area contributed by atoms with Gasteiger partial charge in [0.25, 0.3) is 0 Å². The van der Waals surface area contributed by atoms with E-state index >= 15 is 0 Å². The molecule has 0 saturated carbocycles. The molecule has 0 atom stereocenters. The maximum atomic E-state index is 9.13. The Bertz CT molecular complexity index is 5920. The van der Waals surface area contributed by atoms with Crippen LogP contribution in [0.2, 0.25) is 0 Å². The molecule has 14 aromatic carbocycles. The van der Waals surface area contributed by atoms with Gasteiger partial charge in [0.05, 0.1) is 21.9 Å². The van der Waals surface area contributed by atoms with Gasteiger partial charge in [-0.25, -0.2) is 0 Å². The number of hydrogen-bond donors (Lipinski definition) is 0. The van der Waals surface area contributed by atoms with Crippen LogP contribution < -0.4 is 0 Å². The van der Waals surface area contributed by atoms with Crippen LogP contribution in [0.4, 0.5) is 0 Å². The highest BCUT2D eigenvalue weighted by Crippen LogP contribution is 2.47. The number of para-hydroxylation sites is 2. The summed E-state index contributed by atoms with van der Waals surface area (Å²) in [5.41, 5.74) is 11.6. The highest BCUT2D eigenvalue weighted by Gasteiger charge is 2.23. The molecule has 82 heavy (non-hydrogen) atoms. The number of rotatable bonds is 6. The molecule has 2 heterocycles. The van der Waals surface area contributed by atoms with Crippen molar-refractivity contribution in [3.8, 4) is 66.8 Å². The second-order valence-electron chi connectivity index (χ2n) is 21.4. The van der Waals surface area contributed by atoms with Gasteiger partial charge in [-0.3, -0.25) is 0 Å². The zero-order valence-electron chi connectivity index (χ0n) is 60.7. The van der Waals surface area contributed by atoms with Gasteiger partial charge in [-0.05, 0) is 146 Å². The van der Waals surface area contributed by atoms with Gasteiger partial charge < -0.3 is 8.83 Å². The molecular weight excluding hydrogens is 993 g/mol. The first-order chi connectivity index (χ1) is 47.0. The molecule has 0 fully saturated rings. The minimum Gasteiger partial charge on any atom is -0.456 e. The summed E-state index contributed by atoms with van der Waals surface area (Å²) in [6.07, 6.45) is 0. The molecule has 0 aliphatic carbocycles. The number of furan rings is 2. The molecule has 0 aliphatic rings. The minimum absolute atomic E-state index is 0.178. The molecule has 0 saturated heterocycles. The van der Waals surface area contributed by atoms with E-state index in [1.54, 1.807) is 54.6 Å². The largest absolute Gasteiger partial charge is 0.456 e. The first-order valence-corrected chi connectivity index (χ1v) is 27.1. The molecule has 2 nitrogen and oxygen atoms in total. The van der Waals surface area contributed by atoms with Crippen LogP contribution in [0.25, 0.3) is 154 Å². The van der Waals surface area contributed by atoms with Crippen LogP contribution in [-0.4, -0.2) is 0 Å². The molecule has 0 unspecified atom stereocenters. The standard InChI is InChI=1S/C44H28O.C36H28O/c1-2-10-32(11-3-1)43-36-13-4-6-15-38(36)44(39-16-7-5-14-37(39)43)33-24-22-30(23-25-33)29-18-20-31(21-19-29)34-26-27-42-40(28-34)35-12-8-9-17-41(35)45-42;1-36(2,3)31-19-11-18-29-30-22-24(20-21-32(30)37-35(29)31)34-27-16-9-7-14-25(27)33(23-12-5-4-6-13-23)26-15-8-10-17-28(26)34/h1-28H;4-22H,1-3H3/i4D,5D,6D,7D,13D,14D,15D,16D;7D,8D,9D,10D,14D,15D,16D,17D. The van der Waals surface area contributed by atoms with Crippen LogP contribution in [0, 0.1) is 0 Å². The molecule has 0 aliphatic heterocycles. The third-order valence-electron chi connectivity index (χ3n) is 15.6. The van der Waals surface area contributed by atoms with Crippen molar-refractivity contribution in [1.82, 2.24) is 0 Å². The molecule has 0 spiro atoms. The Kier molecular flexibility index (Phi) is 8.38. The van der Waals surface area contributed by atoms with E-state index in [0.717, 1.165) is 66.1 Å². The lowest BCUT2D eigenvalue weighted by atomic mass is 9.85. The van der Waals surface area contributed by atoms with Gasteiger partial charge in [0, 0.05) is 27.1 Å². The topological polar surface area (TPSA) is 26.3 Å². The summed E-state index contributed by atoms with van der Waals surface area (Å²) < 4.78 is 154. The van der Waals surface area contributed by atoms with E-state index in [2.05, 4.69) is 51.1 Å². The van der Waals surface area contributed by atoms with Crippen LogP contribution in [0.1, 0.15) is 48.3 Å². The molecule has 0 amide bonds. The van der Waals surface area contributed by atoms with Crippen molar-refractivity contribution >= 4 is 87.0 Å². The fourth-order valence-electron chi connectivity index (χ4n) is 11.7. The van der Waals surface area contributed by atoms with Crippen molar-refractivity contribution in [2.45, 2.75) is 26.2 Å². The monoisotopic (exact) mass is 1060 g/mol. The SMILES string of the molecule is [2H]c1c([2H])c([2H])c2c(-c3ccc(-c4ccc(-c5ccc6oc7ccccc7c6c5)cc4)cc3)c3c([2H])c([2H])c([2H])c([2H])c3c(-c3ccccc3)c2c1[2H].[2H]c1c([2H])c([2H])c2c(-c3ccc4oc5c(C(C)(C)C)cccc5c4c3)c3c([2H])c([2H])c([2H])c([2H])c3c(-c3ccccc3)c2c1[2H]. The molecule has 16 aromatic rings. The Balaban J connectivity index is 0.000000162. The van der Waals surface area contributed by atoms with Crippen molar-refractivity contribution in [3.05, 3.63) is 290 Å². The van der Waals surface area contributed by atoms with Crippen LogP contribution in [0.15, 0.2) is 294 Å². The summed E-state index contributed by atoms with van der Waals surface area (Å²) in [7, 11) is 0. The normalized spacial score (nSPS) is 14.6. The van der Waals surface area contributed by atoms with E-state index in [4.69, 9.17) is 30.8 Å². The van der Waals surface area contributed by atoms with Crippen LogP contribution >= 0.6 is 0 Å². The minimum atomic E-state index is -0.419. The van der Waals surface area contributed by atoms with Gasteiger partial charge in [0.2, 0.25) is 0 Å². The summed E-state index contributed by atoms with van der Waals surface area (Å²) in [4.78, 5) is 0. The van der Waals surface area contributed by atoms with Gasteiger partial charge in [0.1, 0.15) is 22.3 Å². The summed E-state index contributed by atoms with van der Waals surface area (Å²) >= 11 is 0. The zero-order valence-corrected chi connectivity index (χ0v) is 44.7. The molecule has 2 heteroatoms. The third-order valence-corrected chi connectivity index (χ3v) is 15.6. The van der Waals surface area contributed by atoms with Crippen LogP contribution in [-0.2, 0) is 5.41 Å². The summed E-state index contributed by atoms with van der Waals surface area (Å²) in [5.74, 6) is 0. The van der Waals surface area contributed by atoms with E-state index in [0.29, 0.717) is 50.1 Å². The lowest BCUT2D eigenvalue weighted by molar-refractivity contribution is 0.573. The Morgan fingerprint density at radius 3 is 1.06 bits per heavy atom. The number of fused-ring (bicyclic) bond motifs is 10. The second kappa shape index (κ2) is 19.8. The highest BCUT2D eigenvalue weighted by atomic mass is 16.3. The number of hydrogen-bond acceptors (Lipinski definition) is 2. The smallest absolute Gasteiger partial charge is 0.139 e. The van der Waals surface area contributed by atoms with E-state index in [1.165, 1.54) is 0 Å². The van der Waals surface area contributed by atoms with Gasteiger partial charge in [0.15, 0.2) is 0 Å². The quantitative estimate of drug-likeness (QED) is 0.155. The predicted molar refractivity (Wildman–Crippen MR) is 349 cm³/mol. The van der Waals surface area contributed by atoms with Crippen LogP contribution in [0.5, 0.6) is 0 Å². The molecule has 2 aromatic heterocycles. The fraction of sp³-hybridized carbons (Fsp3) is 0.0500. The van der Waals surface area contributed by atoms with Gasteiger partial charge in [-0.1, -0.05) is 275 Å². The van der Waals surface area contributed by atoms with Crippen molar-refractivity contribution in [3.63, 3.8) is 0 Å². The van der Waals surface area contributed by atoms with Crippen molar-refractivity contribution in [1.29, 1.82) is 0 Å². The maximum Gasteiger partial charge on any atom is 0.139 e. The van der Waals surface area contributed by atoms with E-state index in [-0.39, 0.29) is 96.8 Å². The van der Waals surface area contributed by atoms with Gasteiger partial charge in [-0.2, -0.15) is 0 Å². The Labute approximate surface area is 499 Å². The van der Waals surface area contributed by atoms with E-state index in [9.17, 15) is 0 Å². The molecule has 388 valence electrons. The zero-order chi connectivity index (χ0) is 68.8. The molecule has 0 bridgehead atoms. The first-order valence-electron chi connectivity index (χ1n) is 35.1. The Morgan fingerprint density at radius 2 is 0.585 bits per heavy atom. The van der Waals surface area contributed by atoms with Crippen molar-refractivity contribution < 1.29 is 30.8 Å². The number of benzene rings is 14. The molecule has 16 rings (SSSR count). The first kappa shape index (κ1) is 34.7. The third kappa shape index (κ3) is 8.34. The lowest BCUT2D eigenvalue weighted by Gasteiger charge is -2.18. The van der Waals surface area contributed by atoms with Crippen molar-refractivity contribution in [2.75, 3.05) is 0 Å². The van der Waals surface area contributed by atoms with Crippen molar-refractivity contribution in [2.24, 2.45) is 0 Å². The highest BCUT2D eigenvalue weighted by molar-refractivity contribution is 6.23. The molecular formula is C80H56O2. The fourth-order valence-corrected chi connectivity index (χ4v) is 11.7. The van der Waals surface area contributed by atoms with E-state index in [1.807, 2.05) is 103 Å². The molecule has 0 radical (unpaired) electrons. The average Bonchev–Trinajstić information content (AvgIpc) is 0.940. The second-order valence-corrected chi connectivity index (χ2v) is 21.4.